The van der Waals surface area contributed by atoms with E-state index < -0.39 is 0 Å². The van der Waals surface area contributed by atoms with Gasteiger partial charge in [-0.3, -0.25) is 10.1 Å². The summed E-state index contributed by atoms with van der Waals surface area (Å²) in [4.78, 5) is 9.02. The lowest BCUT2D eigenvalue weighted by Crippen LogP contribution is -2.38. The maximum Gasteiger partial charge on any atom is 0.216 e. The first-order chi connectivity index (χ1) is 12.8. The Morgan fingerprint density at radius 1 is 1.11 bits per heavy atom. The van der Waals surface area contributed by atoms with E-state index in [1.807, 2.05) is 18.2 Å². The maximum absolute atomic E-state index is 5.30. The van der Waals surface area contributed by atoms with Crippen molar-refractivity contribution >= 4 is 29.9 Å². The normalized spacial score (nSPS) is 11.1. The minimum Gasteiger partial charge on any atom is -0.461 e. The fourth-order valence-electron chi connectivity index (χ4n) is 2.51. The molecule has 1 aromatic carbocycles. The number of halogens is 1. The van der Waals surface area contributed by atoms with Crippen LogP contribution >= 0.6 is 24.0 Å². The summed E-state index contributed by atoms with van der Waals surface area (Å²) in [6, 6.07) is 14.1. The zero-order valence-corrected chi connectivity index (χ0v) is 17.6. The molecule has 2 aromatic heterocycles. The third-order valence-corrected chi connectivity index (χ3v) is 3.78. The largest absolute Gasteiger partial charge is 0.461 e. The molecule has 27 heavy (non-hydrogen) atoms. The number of furan rings is 1. The standard InChI is InChI=1S/C19H24N6O.HI/c1-2-20-19(21-12-10-15-7-4-3-5-8-15)22-13-11-17-23-18(25-24-17)16-9-6-14-26-16;/h3-9,14H,2,10-13H2,1H3,(H2,20,21,22)(H,23,24,25);1H. The first kappa shape index (κ1) is 20.9. The highest BCUT2D eigenvalue weighted by atomic mass is 127. The predicted molar refractivity (Wildman–Crippen MR) is 117 cm³/mol. The number of H-pyrrole nitrogens is 1. The Morgan fingerprint density at radius 3 is 2.70 bits per heavy atom. The van der Waals surface area contributed by atoms with E-state index in [0.29, 0.717) is 24.6 Å². The van der Waals surface area contributed by atoms with E-state index >= 15 is 0 Å². The van der Waals surface area contributed by atoms with Crippen molar-refractivity contribution in [3.63, 3.8) is 0 Å². The van der Waals surface area contributed by atoms with E-state index in [1.165, 1.54) is 5.56 Å². The summed E-state index contributed by atoms with van der Waals surface area (Å²) >= 11 is 0. The summed E-state index contributed by atoms with van der Waals surface area (Å²) in [6.45, 7) is 4.33. The van der Waals surface area contributed by atoms with Crippen LogP contribution in [0.5, 0.6) is 0 Å². The predicted octanol–water partition coefficient (Wildman–Crippen LogP) is 3.02. The van der Waals surface area contributed by atoms with Crippen molar-refractivity contribution in [3.05, 3.63) is 60.1 Å². The van der Waals surface area contributed by atoms with Crippen LogP contribution in [-0.4, -0.2) is 40.8 Å². The zero-order chi connectivity index (χ0) is 18.0. The Balaban J connectivity index is 0.00000261. The number of benzene rings is 1. The summed E-state index contributed by atoms with van der Waals surface area (Å²) < 4.78 is 5.30. The molecule has 8 heteroatoms. The SMILES string of the molecule is CCNC(=NCCc1nc(-c2ccco2)n[nH]1)NCCc1ccccc1.I. The van der Waals surface area contributed by atoms with Crippen LogP contribution in [-0.2, 0) is 12.8 Å². The summed E-state index contributed by atoms with van der Waals surface area (Å²) in [6.07, 6.45) is 3.25. The number of nitrogens with one attached hydrogen (secondary N) is 3. The van der Waals surface area contributed by atoms with Gasteiger partial charge in [-0.15, -0.1) is 24.0 Å². The molecule has 3 rings (SSSR count). The lowest BCUT2D eigenvalue weighted by molar-refractivity contribution is 0.577. The van der Waals surface area contributed by atoms with Crippen LogP contribution < -0.4 is 10.6 Å². The topological polar surface area (TPSA) is 91.1 Å². The minimum absolute atomic E-state index is 0. The third kappa shape index (κ3) is 6.70. The molecule has 0 aliphatic carbocycles. The second-order valence-electron chi connectivity index (χ2n) is 5.76. The summed E-state index contributed by atoms with van der Waals surface area (Å²) in [7, 11) is 0. The van der Waals surface area contributed by atoms with E-state index in [9.17, 15) is 0 Å². The van der Waals surface area contributed by atoms with Crippen molar-refractivity contribution in [2.24, 2.45) is 4.99 Å². The first-order valence-corrected chi connectivity index (χ1v) is 8.86. The smallest absolute Gasteiger partial charge is 0.216 e. The van der Waals surface area contributed by atoms with Crippen LogP contribution in [0, 0.1) is 0 Å². The van der Waals surface area contributed by atoms with Crippen molar-refractivity contribution in [1.82, 2.24) is 25.8 Å². The molecule has 2 heterocycles. The molecule has 0 atom stereocenters. The van der Waals surface area contributed by atoms with Crippen LogP contribution in [0.4, 0.5) is 0 Å². The number of guanidine groups is 1. The lowest BCUT2D eigenvalue weighted by Gasteiger charge is -2.11. The van der Waals surface area contributed by atoms with Gasteiger partial charge in [-0.1, -0.05) is 30.3 Å². The molecule has 0 spiro atoms. The molecule has 3 N–H and O–H groups in total. The lowest BCUT2D eigenvalue weighted by atomic mass is 10.1. The van der Waals surface area contributed by atoms with Gasteiger partial charge in [0.25, 0.3) is 0 Å². The second kappa shape index (κ2) is 11.4. The van der Waals surface area contributed by atoms with Crippen LogP contribution in [0.1, 0.15) is 18.3 Å². The van der Waals surface area contributed by atoms with Crippen LogP contribution in [0.15, 0.2) is 58.1 Å². The molecule has 0 saturated heterocycles. The number of hydrogen-bond acceptors (Lipinski definition) is 4. The summed E-state index contributed by atoms with van der Waals surface area (Å²) in [5, 5.41) is 13.7. The van der Waals surface area contributed by atoms with Gasteiger partial charge in [-0.05, 0) is 31.0 Å². The first-order valence-electron chi connectivity index (χ1n) is 8.86. The van der Waals surface area contributed by atoms with Crippen LogP contribution in [0.25, 0.3) is 11.6 Å². The monoisotopic (exact) mass is 480 g/mol. The number of aromatic amines is 1. The molecule has 0 bridgehead atoms. The second-order valence-corrected chi connectivity index (χ2v) is 5.76. The minimum atomic E-state index is 0. The maximum atomic E-state index is 5.30. The van der Waals surface area contributed by atoms with Crippen LogP contribution in [0.2, 0.25) is 0 Å². The van der Waals surface area contributed by atoms with Crippen LogP contribution in [0.3, 0.4) is 0 Å². The molecule has 144 valence electrons. The Morgan fingerprint density at radius 2 is 1.96 bits per heavy atom. The Kier molecular flexibility index (Phi) is 8.82. The highest BCUT2D eigenvalue weighted by molar-refractivity contribution is 14.0. The Bertz CT molecular complexity index is 801. The molecular weight excluding hydrogens is 455 g/mol. The number of aromatic nitrogens is 3. The Labute approximate surface area is 176 Å². The van der Waals surface area contributed by atoms with Crippen molar-refractivity contribution in [3.8, 4) is 11.6 Å². The third-order valence-electron chi connectivity index (χ3n) is 3.78. The molecule has 0 aliphatic rings. The van der Waals surface area contributed by atoms with Gasteiger partial charge in [0.1, 0.15) is 5.82 Å². The van der Waals surface area contributed by atoms with Gasteiger partial charge in [-0.25, -0.2) is 4.98 Å². The van der Waals surface area contributed by atoms with Gasteiger partial charge in [0.05, 0.1) is 6.26 Å². The van der Waals surface area contributed by atoms with E-state index in [-0.39, 0.29) is 24.0 Å². The number of rotatable bonds is 8. The summed E-state index contributed by atoms with van der Waals surface area (Å²) in [5.74, 6) is 2.84. The zero-order valence-electron chi connectivity index (χ0n) is 15.3. The van der Waals surface area contributed by atoms with Crippen molar-refractivity contribution in [2.75, 3.05) is 19.6 Å². The molecule has 0 fully saturated rings. The fraction of sp³-hybridized carbons (Fsp3) is 0.316. The van der Waals surface area contributed by atoms with Gasteiger partial charge in [0, 0.05) is 26.1 Å². The molecule has 0 radical (unpaired) electrons. The molecule has 0 amide bonds. The van der Waals surface area contributed by atoms with E-state index in [4.69, 9.17) is 4.42 Å². The number of hydrogen-bond donors (Lipinski definition) is 3. The van der Waals surface area contributed by atoms with E-state index in [1.54, 1.807) is 6.26 Å². The average Bonchev–Trinajstić information content (AvgIpc) is 3.34. The van der Waals surface area contributed by atoms with Crippen molar-refractivity contribution in [2.45, 2.75) is 19.8 Å². The fourth-order valence-corrected chi connectivity index (χ4v) is 2.51. The van der Waals surface area contributed by atoms with Crippen molar-refractivity contribution in [1.29, 1.82) is 0 Å². The molecule has 7 nitrogen and oxygen atoms in total. The van der Waals surface area contributed by atoms with Gasteiger partial charge in [0.15, 0.2) is 11.7 Å². The van der Waals surface area contributed by atoms with E-state index in [0.717, 1.165) is 31.3 Å². The molecular formula is C19H25IN6O. The summed E-state index contributed by atoms with van der Waals surface area (Å²) in [5.41, 5.74) is 1.31. The molecule has 0 aliphatic heterocycles. The molecule has 0 saturated carbocycles. The highest BCUT2D eigenvalue weighted by Gasteiger charge is 2.07. The average molecular weight is 480 g/mol. The van der Waals surface area contributed by atoms with Gasteiger partial charge in [-0.2, -0.15) is 5.10 Å². The molecule has 3 aromatic rings. The van der Waals surface area contributed by atoms with Gasteiger partial charge in [0.2, 0.25) is 5.82 Å². The quantitative estimate of drug-likeness (QED) is 0.262. The van der Waals surface area contributed by atoms with Gasteiger partial charge < -0.3 is 15.1 Å². The van der Waals surface area contributed by atoms with Gasteiger partial charge >= 0.3 is 0 Å². The Hall–Kier alpha value is -2.36. The molecule has 0 unspecified atom stereocenters. The number of aliphatic imine (C=N–C) groups is 1. The number of nitrogens with zero attached hydrogens (tertiary/aromatic N) is 3. The highest BCUT2D eigenvalue weighted by Crippen LogP contribution is 2.14. The van der Waals surface area contributed by atoms with Crippen molar-refractivity contribution < 1.29 is 4.42 Å². The van der Waals surface area contributed by atoms with E-state index in [2.05, 4.69) is 62.0 Å².